The summed E-state index contributed by atoms with van der Waals surface area (Å²) in [6, 6.07) is 5.96. The molecule has 1 aromatic carbocycles. The van der Waals surface area contributed by atoms with Crippen LogP contribution in [0.5, 0.6) is 0 Å². The monoisotopic (exact) mass is 314 g/mol. The number of aryl methyl sites for hydroxylation is 1. The number of methoxy groups -OCH3 is 2. The Kier molecular flexibility index (Phi) is 4.19. The molecule has 5 heteroatoms. The molecule has 0 N–H and O–H groups in total. The van der Waals surface area contributed by atoms with E-state index in [1.165, 1.54) is 31.6 Å². The van der Waals surface area contributed by atoms with Gasteiger partial charge < -0.3 is 13.9 Å². The van der Waals surface area contributed by atoms with E-state index in [4.69, 9.17) is 13.9 Å². The van der Waals surface area contributed by atoms with Gasteiger partial charge in [-0.2, -0.15) is 0 Å². The van der Waals surface area contributed by atoms with E-state index in [1.807, 2.05) is 12.1 Å². The SMILES string of the molecule is COC(=O)c1coc(-c2cccc3c2CCCC3)c1C(=O)OC. The summed E-state index contributed by atoms with van der Waals surface area (Å²) < 4.78 is 15.1. The van der Waals surface area contributed by atoms with Crippen LogP contribution in [-0.4, -0.2) is 26.2 Å². The van der Waals surface area contributed by atoms with Crippen molar-refractivity contribution in [3.05, 3.63) is 46.7 Å². The Hall–Kier alpha value is -2.56. The van der Waals surface area contributed by atoms with Crippen LogP contribution in [0.3, 0.4) is 0 Å². The predicted octanol–water partition coefficient (Wildman–Crippen LogP) is 3.40. The number of furan rings is 1. The molecule has 23 heavy (non-hydrogen) atoms. The number of fused-ring (bicyclic) bond motifs is 1. The second-order valence-corrected chi connectivity index (χ2v) is 5.49. The summed E-state index contributed by atoms with van der Waals surface area (Å²) in [7, 11) is 2.54. The molecule has 2 aromatic rings. The fraction of sp³-hybridized carbons (Fsp3) is 0.333. The van der Waals surface area contributed by atoms with E-state index in [9.17, 15) is 9.59 Å². The van der Waals surface area contributed by atoms with Gasteiger partial charge in [-0.25, -0.2) is 9.59 Å². The third-order valence-corrected chi connectivity index (χ3v) is 4.23. The molecule has 120 valence electrons. The summed E-state index contributed by atoms with van der Waals surface area (Å²) >= 11 is 0. The van der Waals surface area contributed by atoms with Crippen LogP contribution in [0, 0.1) is 0 Å². The number of carbonyl (C=O) groups excluding carboxylic acids is 2. The molecule has 0 radical (unpaired) electrons. The Morgan fingerprint density at radius 1 is 1.04 bits per heavy atom. The zero-order chi connectivity index (χ0) is 16.4. The Morgan fingerprint density at radius 2 is 1.78 bits per heavy atom. The van der Waals surface area contributed by atoms with Crippen molar-refractivity contribution >= 4 is 11.9 Å². The first-order valence-electron chi connectivity index (χ1n) is 7.56. The Bertz CT molecular complexity index is 757. The lowest BCUT2D eigenvalue weighted by Gasteiger charge is -2.18. The number of ether oxygens (including phenoxy) is 2. The lowest BCUT2D eigenvalue weighted by Crippen LogP contribution is -2.11. The number of benzene rings is 1. The third kappa shape index (κ3) is 2.63. The third-order valence-electron chi connectivity index (χ3n) is 4.23. The van der Waals surface area contributed by atoms with Gasteiger partial charge in [0.25, 0.3) is 0 Å². The van der Waals surface area contributed by atoms with Crippen molar-refractivity contribution < 1.29 is 23.5 Å². The second kappa shape index (κ2) is 6.28. The summed E-state index contributed by atoms with van der Waals surface area (Å²) in [5, 5.41) is 0. The summed E-state index contributed by atoms with van der Waals surface area (Å²) in [4.78, 5) is 24.1. The van der Waals surface area contributed by atoms with Crippen LogP contribution in [0.4, 0.5) is 0 Å². The quantitative estimate of drug-likeness (QED) is 0.812. The molecule has 0 saturated heterocycles. The average molecular weight is 314 g/mol. The van der Waals surface area contributed by atoms with Crippen LogP contribution in [-0.2, 0) is 22.3 Å². The van der Waals surface area contributed by atoms with Crippen molar-refractivity contribution in [2.24, 2.45) is 0 Å². The summed E-state index contributed by atoms with van der Waals surface area (Å²) in [5.74, 6) is -0.858. The van der Waals surface area contributed by atoms with Gasteiger partial charge in [-0.15, -0.1) is 0 Å². The van der Waals surface area contributed by atoms with Crippen molar-refractivity contribution in [1.29, 1.82) is 0 Å². The maximum absolute atomic E-state index is 12.2. The molecule has 5 nitrogen and oxygen atoms in total. The first-order chi connectivity index (χ1) is 11.2. The molecule has 3 rings (SSSR count). The van der Waals surface area contributed by atoms with Crippen LogP contribution in [0.2, 0.25) is 0 Å². The Labute approximate surface area is 134 Å². The summed E-state index contributed by atoms with van der Waals surface area (Å²) in [6.07, 6.45) is 5.46. The maximum atomic E-state index is 12.2. The van der Waals surface area contributed by atoms with Crippen LogP contribution in [0.15, 0.2) is 28.9 Å². The van der Waals surface area contributed by atoms with Gasteiger partial charge in [0.05, 0.1) is 14.2 Å². The minimum absolute atomic E-state index is 0.0859. The molecular weight excluding hydrogens is 296 g/mol. The predicted molar refractivity (Wildman–Crippen MR) is 83.5 cm³/mol. The number of hydrogen-bond donors (Lipinski definition) is 0. The highest BCUT2D eigenvalue weighted by molar-refractivity contribution is 6.07. The molecule has 0 aliphatic heterocycles. The fourth-order valence-electron chi connectivity index (χ4n) is 3.12. The van der Waals surface area contributed by atoms with Gasteiger partial charge >= 0.3 is 11.9 Å². The van der Waals surface area contributed by atoms with E-state index in [1.54, 1.807) is 0 Å². The molecule has 0 unspecified atom stereocenters. The highest BCUT2D eigenvalue weighted by atomic mass is 16.5. The van der Waals surface area contributed by atoms with Crippen LogP contribution in [0.25, 0.3) is 11.3 Å². The lowest BCUT2D eigenvalue weighted by molar-refractivity contribution is 0.0557. The molecule has 0 saturated carbocycles. The van der Waals surface area contributed by atoms with Crippen LogP contribution < -0.4 is 0 Å². The molecule has 1 aromatic heterocycles. The van der Waals surface area contributed by atoms with Gasteiger partial charge in [0.15, 0.2) is 0 Å². The smallest absolute Gasteiger partial charge is 0.342 e. The van der Waals surface area contributed by atoms with Gasteiger partial charge in [-0.3, -0.25) is 0 Å². The van der Waals surface area contributed by atoms with E-state index in [2.05, 4.69) is 6.07 Å². The molecule has 1 aliphatic carbocycles. The van der Waals surface area contributed by atoms with Crippen LogP contribution in [0.1, 0.15) is 44.7 Å². The number of rotatable bonds is 3. The van der Waals surface area contributed by atoms with Crippen molar-refractivity contribution in [2.45, 2.75) is 25.7 Å². The second-order valence-electron chi connectivity index (χ2n) is 5.49. The minimum atomic E-state index is -0.620. The highest BCUT2D eigenvalue weighted by Crippen LogP contribution is 2.36. The first-order valence-corrected chi connectivity index (χ1v) is 7.56. The highest BCUT2D eigenvalue weighted by Gasteiger charge is 2.29. The molecule has 0 bridgehead atoms. The summed E-state index contributed by atoms with van der Waals surface area (Å²) in [6.45, 7) is 0. The van der Waals surface area contributed by atoms with E-state index in [0.29, 0.717) is 5.76 Å². The van der Waals surface area contributed by atoms with Crippen molar-refractivity contribution in [2.75, 3.05) is 14.2 Å². The Balaban J connectivity index is 2.19. The van der Waals surface area contributed by atoms with Gasteiger partial charge in [-0.1, -0.05) is 18.2 Å². The molecule has 0 atom stereocenters. The zero-order valence-corrected chi connectivity index (χ0v) is 13.2. The van der Waals surface area contributed by atoms with E-state index < -0.39 is 11.9 Å². The van der Waals surface area contributed by atoms with Gasteiger partial charge in [-0.05, 0) is 36.8 Å². The van der Waals surface area contributed by atoms with Crippen molar-refractivity contribution in [1.82, 2.24) is 0 Å². The fourth-order valence-corrected chi connectivity index (χ4v) is 3.12. The zero-order valence-electron chi connectivity index (χ0n) is 13.2. The molecule has 0 amide bonds. The number of esters is 2. The van der Waals surface area contributed by atoms with Gasteiger partial charge in [0.2, 0.25) is 0 Å². The van der Waals surface area contributed by atoms with Gasteiger partial charge in [0.1, 0.15) is 23.2 Å². The first kappa shape index (κ1) is 15.3. The minimum Gasteiger partial charge on any atom is -0.465 e. The van der Waals surface area contributed by atoms with E-state index in [-0.39, 0.29) is 11.1 Å². The maximum Gasteiger partial charge on any atom is 0.342 e. The average Bonchev–Trinajstić information content (AvgIpc) is 3.04. The number of hydrogen-bond acceptors (Lipinski definition) is 5. The van der Waals surface area contributed by atoms with E-state index >= 15 is 0 Å². The van der Waals surface area contributed by atoms with E-state index in [0.717, 1.165) is 31.2 Å². The van der Waals surface area contributed by atoms with Gasteiger partial charge in [0, 0.05) is 5.56 Å². The van der Waals surface area contributed by atoms with Crippen LogP contribution >= 0.6 is 0 Å². The largest absolute Gasteiger partial charge is 0.465 e. The van der Waals surface area contributed by atoms with Crippen molar-refractivity contribution in [3.8, 4) is 11.3 Å². The van der Waals surface area contributed by atoms with Crippen molar-refractivity contribution in [3.63, 3.8) is 0 Å². The topological polar surface area (TPSA) is 65.7 Å². The molecule has 1 aliphatic rings. The molecular formula is C18H18O5. The summed E-state index contributed by atoms with van der Waals surface area (Å²) in [5.41, 5.74) is 3.49. The molecule has 0 fully saturated rings. The standard InChI is InChI=1S/C18H18O5/c1-21-17(19)14-10-23-16(15(14)18(20)22-2)13-9-5-7-11-6-3-4-8-12(11)13/h5,7,9-10H,3-4,6,8H2,1-2H3. The normalized spacial score (nSPS) is 13.3. The Morgan fingerprint density at radius 3 is 2.52 bits per heavy atom. The lowest BCUT2D eigenvalue weighted by atomic mass is 9.86. The molecule has 1 heterocycles. The molecule has 0 spiro atoms. The number of carbonyl (C=O) groups is 2.